The molecule has 1 aliphatic rings. The van der Waals surface area contributed by atoms with Crippen LogP contribution in [-0.2, 0) is 6.42 Å². The minimum Gasteiger partial charge on any atom is -0.493 e. The predicted molar refractivity (Wildman–Crippen MR) is 100 cm³/mol. The highest BCUT2D eigenvalue weighted by Gasteiger charge is 2.26. The number of ether oxygens (including phenoxy) is 3. The predicted octanol–water partition coefficient (Wildman–Crippen LogP) is 4.85. The molecule has 3 aromatic rings. The van der Waals surface area contributed by atoms with Gasteiger partial charge in [-0.25, -0.2) is 14.2 Å². The highest BCUT2D eigenvalue weighted by Crippen LogP contribution is 2.40. The Kier molecular flexibility index (Phi) is 4.87. The molecule has 2 aromatic carbocycles. The van der Waals surface area contributed by atoms with Crippen molar-refractivity contribution in [2.24, 2.45) is 0 Å². The number of aromatic nitrogens is 1. The molecule has 0 amide bonds. The van der Waals surface area contributed by atoms with Gasteiger partial charge in [-0.05, 0) is 42.7 Å². The number of rotatable bonds is 5. The number of carbonyl (C=O) groups is 1. The maximum absolute atomic E-state index is 14.0. The molecule has 1 aliphatic heterocycles. The summed E-state index contributed by atoms with van der Waals surface area (Å²) in [7, 11) is 1.44. The molecule has 6 nitrogen and oxygen atoms in total. The Morgan fingerprint density at radius 3 is 2.96 bits per heavy atom. The molecule has 8 heteroatoms. The number of fused-ring (bicyclic) bond motifs is 1. The lowest BCUT2D eigenvalue weighted by Gasteiger charge is -2.27. The molecule has 0 aliphatic carbocycles. The van der Waals surface area contributed by atoms with E-state index >= 15 is 0 Å². The third-order valence-electron chi connectivity index (χ3n) is 4.43. The number of carboxylic acid groups (broad SMARTS) is 1. The standard InChI is InChI=1S/C20H16FNO5S/c1-25-18-13(3-2-4-14(18)21)16-7-5-11-9-12(6-8-15(11)27-16)26-20-22-10-17(28-20)19(23)24/h2-4,6,8-10,16H,5,7H2,1H3,(H,23,24). The minimum absolute atomic E-state index is 0.114. The van der Waals surface area contributed by atoms with E-state index < -0.39 is 11.8 Å². The van der Waals surface area contributed by atoms with Gasteiger partial charge in [0, 0.05) is 5.56 Å². The summed E-state index contributed by atoms with van der Waals surface area (Å²) in [4.78, 5) is 15.0. The van der Waals surface area contributed by atoms with Crippen LogP contribution in [0.5, 0.6) is 22.4 Å². The van der Waals surface area contributed by atoms with Crippen LogP contribution in [0.2, 0.25) is 0 Å². The minimum atomic E-state index is -1.04. The fraction of sp³-hybridized carbons (Fsp3) is 0.200. The van der Waals surface area contributed by atoms with E-state index in [1.807, 2.05) is 6.07 Å². The van der Waals surface area contributed by atoms with Crippen molar-refractivity contribution in [2.45, 2.75) is 18.9 Å². The molecule has 0 radical (unpaired) electrons. The van der Waals surface area contributed by atoms with E-state index in [1.165, 1.54) is 19.4 Å². The van der Waals surface area contributed by atoms with Gasteiger partial charge in [-0.15, -0.1) is 0 Å². The second-order valence-electron chi connectivity index (χ2n) is 6.17. The molecular weight excluding hydrogens is 385 g/mol. The van der Waals surface area contributed by atoms with Crippen molar-refractivity contribution in [3.63, 3.8) is 0 Å². The van der Waals surface area contributed by atoms with Crippen LogP contribution in [0, 0.1) is 5.82 Å². The fourth-order valence-electron chi connectivity index (χ4n) is 3.15. The summed E-state index contributed by atoms with van der Waals surface area (Å²) in [6, 6.07) is 10.2. The number of methoxy groups -OCH3 is 1. The summed E-state index contributed by atoms with van der Waals surface area (Å²) in [6.45, 7) is 0. The van der Waals surface area contributed by atoms with Gasteiger partial charge < -0.3 is 19.3 Å². The quantitative estimate of drug-likeness (QED) is 0.659. The van der Waals surface area contributed by atoms with Gasteiger partial charge in [0.2, 0.25) is 0 Å². The van der Waals surface area contributed by atoms with Gasteiger partial charge in [0.05, 0.1) is 13.3 Å². The number of benzene rings is 2. The van der Waals surface area contributed by atoms with Crippen molar-refractivity contribution in [1.82, 2.24) is 4.98 Å². The zero-order valence-electron chi connectivity index (χ0n) is 14.8. The maximum Gasteiger partial charge on any atom is 0.347 e. The van der Waals surface area contributed by atoms with Crippen LogP contribution in [0.15, 0.2) is 42.6 Å². The molecule has 1 atom stereocenters. The molecule has 0 fully saturated rings. The Balaban J connectivity index is 1.53. The van der Waals surface area contributed by atoms with E-state index in [0.29, 0.717) is 23.5 Å². The summed E-state index contributed by atoms with van der Waals surface area (Å²) >= 11 is 0.963. The van der Waals surface area contributed by atoms with E-state index in [0.717, 1.165) is 23.3 Å². The zero-order chi connectivity index (χ0) is 19.7. The van der Waals surface area contributed by atoms with E-state index in [4.69, 9.17) is 19.3 Å². The van der Waals surface area contributed by atoms with Crippen molar-refractivity contribution >= 4 is 17.3 Å². The number of aryl methyl sites for hydroxylation is 1. The molecule has 144 valence electrons. The molecule has 0 saturated carbocycles. The molecule has 0 spiro atoms. The number of hydrogen-bond donors (Lipinski definition) is 1. The SMILES string of the molecule is COc1c(F)cccc1C1CCc2cc(Oc3ncc(C(=O)O)s3)ccc2O1. The molecule has 1 unspecified atom stereocenters. The van der Waals surface area contributed by atoms with Crippen molar-refractivity contribution in [1.29, 1.82) is 0 Å². The van der Waals surface area contributed by atoms with Crippen molar-refractivity contribution in [3.05, 3.63) is 64.4 Å². The number of hydrogen-bond acceptors (Lipinski definition) is 6. The summed E-state index contributed by atoms with van der Waals surface area (Å²) in [5, 5.41) is 9.22. The number of aromatic carboxylic acids is 1. The lowest BCUT2D eigenvalue weighted by molar-refractivity contribution is 0.0702. The van der Waals surface area contributed by atoms with E-state index in [1.54, 1.807) is 24.3 Å². The molecule has 0 bridgehead atoms. The average molecular weight is 401 g/mol. The Hall–Kier alpha value is -3.13. The van der Waals surface area contributed by atoms with Crippen LogP contribution in [0.25, 0.3) is 0 Å². The van der Waals surface area contributed by atoms with Gasteiger partial charge in [-0.3, -0.25) is 0 Å². The second-order valence-corrected chi connectivity index (χ2v) is 7.17. The first kappa shape index (κ1) is 18.2. The number of carboxylic acids is 1. The zero-order valence-corrected chi connectivity index (χ0v) is 15.7. The lowest BCUT2D eigenvalue weighted by atomic mass is 9.96. The molecule has 1 aromatic heterocycles. The Morgan fingerprint density at radius 2 is 2.21 bits per heavy atom. The average Bonchev–Trinajstić information content (AvgIpc) is 3.16. The van der Waals surface area contributed by atoms with E-state index in [2.05, 4.69) is 4.98 Å². The first-order chi connectivity index (χ1) is 13.5. The molecule has 0 saturated heterocycles. The van der Waals surface area contributed by atoms with Crippen molar-refractivity contribution in [2.75, 3.05) is 7.11 Å². The molecular formula is C20H16FNO5S. The third kappa shape index (κ3) is 3.50. The largest absolute Gasteiger partial charge is 0.493 e. The Morgan fingerprint density at radius 1 is 1.36 bits per heavy atom. The number of halogens is 1. The molecule has 28 heavy (non-hydrogen) atoms. The number of para-hydroxylation sites is 1. The summed E-state index contributed by atoms with van der Waals surface area (Å²) in [6.07, 6.45) is 2.34. The molecule has 2 heterocycles. The summed E-state index contributed by atoms with van der Waals surface area (Å²) < 4.78 is 30.9. The highest BCUT2D eigenvalue weighted by molar-refractivity contribution is 7.15. The maximum atomic E-state index is 14.0. The lowest BCUT2D eigenvalue weighted by Crippen LogP contribution is -2.16. The first-order valence-electron chi connectivity index (χ1n) is 8.54. The Labute approximate surface area is 164 Å². The normalized spacial score (nSPS) is 15.4. The topological polar surface area (TPSA) is 77.9 Å². The van der Waals surface area contributed by atoms with Gasteiger partial charge in [-0.1, -0.05) is 23.5 Å². The summed E-state index contributed by atoms with van der Waals surface area (Å²) in [5.41, 5.74) is 1.64. The van der Waals surface area contributed by atoms with Gasteiger partial charge >= 0.3 is 5.97 Å². The van der Waals surface area contributed by atoms with Crippen LogP contribution in [0.3, 0.4) is 0 Å². The van der Waals surface area contributed by atoms with Gasteiger partial charge in [-0.2, -0.15) is 0 Å². The Bertz CT molecular complexity index is 1040. The van der Waals surface area contributed by atoms with Crippen LogP contribution >= 0.6 is 11.3 Å². The monoisotopic (exact) mass is 401 g/mol. The molecule has 1 N–H and O–H groups in total. The van der Waals surface area contributed by atoms with Crippen LogP contribution in [0.4, 0.5) is 4.39 Å². The highest BCUT2D eigenvalue weighted by atomic mass is 32.1. The van der Waals surface area contributed by atoms with Crippen LogP contribution < -0.4 is 14.2 Å². The smallest absolute Gasteiger partial charge is 0.347 e. The summed E-state index contributed by atoms with van der Waals surface area (Å²) in [5.74, 6) is -0.00283. The van der Waals surface area contributed by atoms with Gasteiger partial charge in [0.1, 0.15) is 22.5 Å². The second kappa shape index (κ2) is 7.47. The van der Waals surface area contributed by atoms with Crippen molar-refractivity contribution in [3.8, 4) is 22.4 Å². The molecule has 4 rings (SSSR count). The fourth-order valence-corrected chi connectivity index (χ4v) is 3.77. The number of nitrogens with zero attached hydrogens (tertiary/aromatic N) is 1. The third-order valence-corrected chi connectivity index (χ3v) is 5.29. The van der Waals surface area contributed by atoms with Crippen LogP contribution in [-0.4, -0.2) is 23.2 Å². The van der Waals surface area contributed by atoms with E-state index in [9.17, 15) is 9.18 Å². The van der Waals surface area contributed by atoms with Gasteiger partial charge in [0.25, 0.3) is 5.19 Å². The first-order valence-corrected chi connectivity index (χ1v) is 9.35. The number of thiazole rings is 1. The van der Waals surface area contributed by atoms with Crippen LogP contribution in [0.1, 0.15) is 33.3 Å². The van der Waals surface area contributed by atoms with Gasteiger partial charge in [0.15, 0.2) is 11.6 Å². The van der Waals surface area contributed by atoms with E-state index in [-0.39, 0.29) is 21.9 Å². The van der Waals surface area contributed by atoms with Crippen molar-refractivity contribution < 1.29 is 28.5 Å².